The van der Waals surface area contributed by atoms with Crippen molar-refractivity contribution in [2.24, 2.45) is 0 Å². The Kier molecular flexibility index (Phi) is 5.75. The minimum atomic E-state index is 0.873. The SMILES string of the molecule is c1ccc(-c2nc3ccccc3nc2-c2ccc(N(c3ccccc3)c3ccc4[nH]c5ccccc5c4c3)cc2)cc1. The summed E-state index contributed by atoms with van der Waals surface area (Å²) in [6, 6.07) is 52.6. The van der Waals surface area contributed by atoms with Crippen LogP contribution in [-0.4, -0.2) is 15.0 Å². The molecule has 42 heavy (non-hydrogen) atoms. The highest BCUT2D eigenvalue weighted by Crippen LogP contribution is 2.39. The minimum Gasteiger partial charge on any atom is -0.355 e. The predicted octanol–water partition coefficient (Wildman–Crippen LogP) is 10.1. The van der Waals surface area contributed by atoms with Crippen LogP contribution in [0.25, 0.3) is 55.4 Å². The van der Waals surface area contributed by atoms with E-state index >= 15 is 0 Å². The van der Waals surface area contributed by atoms with Crippen LogP contribution >= 0.6 is 0 Å². The first-order valence-electron chi connectivity index (χ1n) is 14.1. The zero-order valence-corrected chi connectivity index (χ0v) is 22.8. The molecule has 0 spiro atoms. The molecule has 1 N–H and O–H groups in total. The largest absolute Gasteiger partial charge is 0.355 e. The van der Waals surface area contributed by atoms with E-state index in [4.69, 9.17) is 9.97 Å². The van der Waals surface area contributed by atoms with Gasteiger partial charge in [-0.15, -0.1) is 0 Å². The van der Waals surface area contributed by atoms with E-state index in [0.29, 0.717) is 0 Å². The van der Waals surface area contributed by atoms with Crippen LogP contribution in [0.15, 0.2) is 152 Å². The molecule has 0 aliphatic rings. The Balaban J connectivity index is 1.26. The smallest absolute Gasteiger partial charge is 0.0973 e. The predicted molar refractivity (Wildman–Crippen MR) is 174 cm³/mol. The molecule has 0 fully saturated rings. The Morgan fingerprint density at radius 3 is 1.64 bits per heavy atom. The maximum atomic E-state index is 5.09. The molecule has 8 aromatic rings. The zero-order chi connectivity index (χ0) is 27.9. The fourth-order valence-corrected chi connectivity index (χ4v) is 5.77. The average Bonchev–Trinajstić information content (AvgIpc) is 3.44. The van der Waals surface area contributed by atoms with E-state index in [-0.39, 0.29) is 0 Å². The van der Waals surface area contributed by atoms with Crippen LogP contribution in [0.5, 0.6) is 0 Å². The summed E-state index contributed by atoms with van der Waals surface area (Å²) in [4.78, 5) is 16.0. The number of aromatic nitrogens is 3. The lowest BCUT2D eigenvalue weighted by Gasteiger charge is -2.26. The van der Waals surface area contributed by atoms with Gasteiger partial charge in [0.15, 0.2) is 0 Å². The summed E-state index contributed by atoms with van der Waals surface area (Å²) in [6.07, 6.45) is 0. The first-order chi connectivity index (χ1) is 20.8. The van der Waals surface area contributed by atoms with Crippen LogP contribution < -0.4 is 4.90 Å². The lowest BCUT2D eigenvalue weighted by molar-refractivity contribution is 1.27. The molecule has 0 radical (unpaired) electrons. The van der Waals surface area contributed by atoms with E-state index in [1.807, 2.05) is 42.5 Å². The van der Waals surface area contributed by atoms with Gasteiger partial charge >= 0.3 is 0 Å². The molecule has 4 nitrogen and oxygen atoms in total. The standard InChI is InChI=1S/C38H26N4/c1-3-11-26(12-4-1)37-38(41-36-18-10-9-17-35(36)40-37)27-19-21-29(22-20-27)42(28-13-5-2-6-14-28)30-23-24-34-32(25-30)31-15-7-8-16-33(31)39-34/h1-25,39H. The quantitative estimate of drug-likeness (QED) is 0.237. The van der Waals surface area contributed by atoms with E-state index in [0.717, 1.165) is 61.6 Å². The molecule has 6 aromatic carbocycles. The van der Waals surface area contributed by atoms with E-state index in [1.165, 1.54) is 10.8 Å². The second kappa shape index (κ2) is 10.0. The van der Waals surface area contributed by atoms with Crippen LogP contribution in [0.2, 0.25) is 0 Å². The van der Waals surface area contributed by atoms with E-state index < -0.39 is 0 Å². The van der Waals surface area contributed by atoms with Gasteiger partial charge in [-0.25, -0.2) is 9.97 Å². The van der Waals surface area contributed by atoms with Gasteiger partial charge < -0.3 is 9.88 Å². The second-order valence-corrected chi connectivity index (χ2v) is 10.4. The third-order valence-corrected chi connectivity index (χ3v) is 7.78. The van der Waals surface area contributed by atoms with Gasteiger partial charge in [-0.05, 0) is 60.7 Å². The Morgan fingerprint density at radius 2 is 0.929 bits per heavy atom. The number of anilines is 3. The number of para-hydroxylation sites is 4. The van der Waals surface area contributed by atoms with Crippen molar-refractivity contribution in [3.8, 4) is 22.5 Å². The first kappa shape index (κ1) is 24.1. The van der Waals surface area contributed by atoms with Crippen molar-refractivity contribution in [1.29, 1.82) is 0 Å². The molecule has 0 bridgehead atoms. The number of hydrogen-bond acceptors (Lipinski definition) is 3. The van der Waals surface area contributed by atoms with Gasteiger partial charge in [0.1, 0.15) is 0 Å². The number of H-pyrrole nitrogens is 1. The van der Waals surface area contributed by atoms with E-state index in [9.17, 15) is 0 Å². The Hall–Kier alpha value is -5.74. The molecule has 2 heterocycles. The van der Waals surface area contributed by atoms with Crippen molar-refractivity contribution in [3.05, 3.63) is 152 Å². The van der Waals surface area contributed by atoms with Gasteiger partial charge in [0, 0.05) is 50.0 Å². The first-order valence-corrected chi connectivity index (χ1v) is 14.1. The average molecular weight is 539 g/mol. The van der Waals surface area contributed by atoms with Gasteiger partial charge in [-0.3, -0.25) is 0 Å². The van der Waals surface area contributed by atoms with Gasteiger partial charge in [-0.2, -0.15) is 0 Å². The fourth-order valence-electron chi connectivity index (χ4n) is 5.77. The van der Waals surface area contributed by atoms with Crippen LogP contribution in [0.4, 0.5) is 17.1 Å². The van der Waals surface area contributed by atoms with Crippen molar-refractivity contribution in [3.63, 3.8) is 0 Å². The maximum Gasteiger partial charge on any atom is 0.0973 e. The number of nitrogens with one attached hydrogen (secondary N) is 1. The summed E-state index contributed by atoms with van der Waals surface area (Å²) in [5.41, 5.74) is 11.1. The summed E-state index contributed by atoms with van der Waals surface area (Å²) in [5.74, 6) is 0. The van der Waals surface area contributed by atoms with E-state index in [1.54, 1.807) is 0 Å². The summed E-state index contributed by atoms with van der Waals surface area (Å²) in [7, 11) is 0. The zero-order valence-electron chi connectivity index (χ0n) is 22.8. The second-order valence-electron chi connectivity index (χ2n) is 10.4. The third kappa shape index (κ3) is 4.18. The van der Waals surface area contributed by atoms with Crippen LogP contribution in [-0.2, 0) is 0 Å². The van der Waals surface area contributed by atoms with Crippen molar-refractivity contribution in [2.45, 2.75) is 0 Å². The molecule has 0 atom stereocenters. The summed E-state index contributed by atoms with van der Waals surface area (Å²) < 4.78 is 0. The molecular formula is C38H26N4. The lowest BCUT2D eigenvalue weighted by Crippen LogP contribution is -2.09. The summed E-state index contributed by atoms with van der Waals surface area (Å²) in [5, 5.41) is 2.43. The highest BCUT2D eigenvalue weighted by atomic mass is 15.1. The van der Waals surface area contributed by atoms with Crippen molar-refractivity contribution in [2.75, 3.05) is 4.90 Å². The number of nitrogens with zero attached hydrogens (tertiary/aromatic N) is 3. The van der Waals surface area contributed by atoms with E-state index in [2.05, 4.69) is 119 Å². The van der Waals surface area contributed by atoms with Crippen LogP contribution in [0.3, 0.4) is 0 Å². The molecule has 198 valence electrons. The topological polar surface area (TPSA) is 44.8 Å². The molecule has 4 heteroatoms. The molecule has 0 aliphatic carbocycles. The Morgan fingerprint density at radius 1 is 0.405 bits per heavy atom. The maximum absolute atomic E-state index is 5.09. The van der Waals surface area contributed by atoms with Crippen molar-refractivity contribution in [1.82, 2.24) is 15.0 Å². The van der Waals surface area contributed by atoms with Crippen LogP contribution in [0.1, 0.15) is 0 Å². The third-order valence-electron chi connectivity index (χ3n) is 7.78. The number of fused-ring (bicyclic) bond motifs is 4. The molecule has 0 aliphatic heterocycles. The van der Waals surface area contributed by atoms with Crippen molar-refractivity contribution >= 4 is 49.9 Å². The summed E-state index contributed by atoms with van der Waals surface area (Å²) in [6.45, 7) is 0. The van der Waals surface area contributed by atoms with Gasteiger partial charge in [0.2, 0.25) is 0 Å². The van der Waals surface area contributed by atoms with Crippen molar-refractivity contribution < 1.29 is 0 Å². The molecule has 0 saturated carbocycles. The number of benzene rings is 6. The normalized spacial score (nSPS) is 11.3. The van der Waals surface area contributed by atoms with Gasteiger partial charge in [0.25, 0.3) is 0 Å². The minimum absolute atomic E-state index is 0.873. The highest BCUT2D eigenvalue weighted by molar-refractivity contribution is 6.08. The Labute approximate surface area is 243 Å². The molecule has 8 rings (SSSR count). The molecule has 0 unspecified atom stereocenters. The van der Waals surface area contributed by atoms with Gasteiger partial charge in [-0.1, -0.05) is 91.0 Å². The highest BCUT2D eigenvalue weighted by Gasteiger charge is 2.17. The number of rotatable bonds is 5. The summed E-state index contributed by atoms with van der Waals surface area (Å²) >= 11 is 0. The molecule has 0 amide bonds. The van der Waals surface area contributed by atoms with Gasteiger partial charge in [0.05, 0.1) is 22.4 Å². The number of aromatic amines is 1. The lowest BCUT2D eigenvalue weighted by atomic mass is 10.0. The monoisotopic (exact) mass is 538 g/mol. The molecule has 0 saturated heterocycles. The molecular weight excluding hydrogens is 512 g/mol. The molecule has 2 aromatic heterocycles. The fraction of sp³-hybridized carbons (Fsp3) is 0. The number of hydrogen-bond donors (Lipinski definition) is 1. The Bertz CT molecular complexity index is 2180. The van der Waals surface area contributed by atoms with Crippen LogP contribution in [0, 0.1) is 0 Å².